The Labute approximate surface area is 123 Å². The lowest BCUT2D eigenvalue weighted by Gasteiger charge is -2.16. The fourth-order valence-corrected chi connectivity index (χ4v) is 3.23. The molecule has 21 heavy (non-hydrogen) atoms. The molecule has 8 heteroatoms. The minimum Gasteiger partial charge on any atom is -0.465 e. The molecule has 116 valence electrons. The first kappa shape index (κ1) is 15.7. The summed E-state index contributed by atoms with van der Waals surface area (Å²) in [5.74, 6) is 0. The van der Waals surface area contributed by atoms with Gasteiger partial charge in [-0.3, -0.25) is 4.18 Å². The molecular weight excluding hydrogens is 298 g/mol. The van der Waals surface area contributed by atoms with E-state index in [2.05, 4.69) is 0 Å². The quantitative estimate of drug-likeness (QED) is 0.836. The normalized spacial score (nSPS) is 22.5. The maximum Gasteiger partial charge on any atom is 0.407 e. The first-order valence-corrected chi connectivity index (χ1v) is 7.75. The van der Waals surface area contributed by atoms with Crippen LogP contribution in [0.2, 0.25) is 0 Å². The second kappa shape index (κ2) is 6.00. The summed E-state index contributed by atoms with van der Waals surface area (Å²) in [5.41, 5.74) is 0.932. The standard InChI is InChI=1S/C13H17NO6S/c1-9-3-5-10(6-4-9)21(17,18)20-12-8-14(13(15)16)7-11(12)19-2/h3-6,11-12H,7-8H2,1-2H3,(H,15,16). The molecule has 1 N–H and O–H groups in total. The van der Waals surface area contributed by atoms with Crippen molar-refractivity contribution in [2.75, 3.05) is 20.2 Å². The molecule has 2 rings (SSSR count). The number of carbonyl (C=O) groups is 1. The number of nitrogens with zero attached hydrogens (tertiary/aromatic N) is 1. The van der Waals surface area contributed by atoms with Crippen LogP contribution in [-0.4, -0.2) is 56.9 Å². The van der Waals surface area contributed by atoms with Gasteiger partial charge in [-0.05, 0) is 19.1 Å². The summed E-state index contributed by atoms with van der Waals surface area (Å²) in [7, 11) is -2.56. The van der Waals surface area contributed by atoms with E-state index >= 15 is 0 Å². The molecule has 0 bridgehead atoms. The zero-order chi connectivity index (χ0) is 15.6. The molecule has 0 aliphatic carbocycles. The summed E-state index contributed by atoms with van der Waals surface area (Å²) in [4.78, 5) is 12.1. The van der Waals surface area contributed by atoms with Crippen LogP contribution in [0.3, 0.4) is 0 Å². The van der Waals surface area contributed by atoms with Crippen LogP contribution in [0.25, 0.3) is 0 Å². The van der Waals surface area contributed by atoms with Crippen molar-refractivity contribution in [2.45, 2.75) is 24.0 Å². The number of aryl methyl sites for hydroxylation is 1. The Morgan fingerprint density at radius 3 is 2.33 bits per heavy atom. The number of methoxy groups -OCH3 is 1. The van der Waals surface area contributed by atoms with Crippen LogP contribution in [-0.2, 0) is 19.0 Å². The van der Waals surface area contributed by atoms with E-state index < -0.39 is 28.4 Å². The van der Waals surface area contributed by atoms with Crippen LogP contribution < -0.4 is 0 Å². The van der Waals surface area contributed by atoms with E-state index in [1.807, 2.05) is 6.92 Å². The smallest absolute Gasteiger partial charge is 0.407 e. The summed E-state index contributed by atoms with van der Waals surface area (Å²) in [6, 6.07) is 6.25. The molecule has 1 heterocycles. The number of carboxylic acid groups (broad SMARTS) is 1. The van der Waals surface area contributed by atoms with Crippen LogP contribution in [0.1, 0.15) is 5.56 Å². The third kappa shape index (κ3) is 3.52. The van der Waals surface area contributed by atoms with Gasteiger partial charge in [-0.1, -0.05) is 17.7 Å². The molecule has 1 amide bonds. The number of hydrogen-bond donors (Lipinski definition) is 1. The second-order valence-electron chi connectivity index (χ2n) is 4.86. The van der Waals surface area contributed by atoms with Gasteiger partial charge in [0.15, 0.2) is 0 Å². The van der Waals surface area contributed by atoms with Crippen molar-refractivity contribution in [3.05, 3.63) is 29.8 Å². The highest BCUT2D eigenvalue weighted by Crippen LogP contribution is 2.22. The molecule has 1 aliphatic rings. The average Bonchev–Trinajstić information content (AvgIpc) is 2.81. The van der Waals surface area contributed by atoms with Crippen molar-refractivity contribution in [2.24, 2.45) is 0 Å². The Morgan fingerprint density at radius 2 is 1.81 bits per heavy atom. The fraction of sp³-hybridized carbons (Fsp3) is 0.462. The molecule has 2 unspecified atom stereocenters. The molecule has 0 saturated carbocycles. The number of likely N-dealkylation sites (tertiary alicyclic amines) is 1. The highest BCUT2D eigenvalue weighted by Gasteiger charge is 2.39. The molecule has 1 aromatic carbocycles. The lowest BCUT2D eigenvalue weighted by molar-refractivity contribution is 0.0371. The Balaban J connectivity index is 2.16. The third-order valence-electron chi connectivity index (χ3n) is 3.35. The molecule has 0 radical (unpaired) electrons. The van der Waals surface area contributed by atoms with Crippen molar-refractivity contribution >= 4 is 16.2 Å². The molecule has 1 aliphatic heterocycles. The molecule has 0 aromatic heterocycles. The van der Waals surface area contributed by atoms with Crippen molar-refractivity contribution in [3.8, 4) is 0 Å². The van der Waals surface area contributed by atoms with E-state index in [1.165, 1.54) is 19.2 Å². The largest absolute Gasteiger partial charge is 0.465 e. The van der Waals surface area contributed by atoms with Crippen molar-refractivity contribution in [3.63, 3.8) is 0 Å². The molecule has 7 nitrogen and oxygen atoms in total. The topological polar surface area (TPSA) is 93.1 Å². The van der Waals surface area contributed by atoms with E-state index in [4.69, 9.17) is 14.0 Å². The maximum atomic E-state index is 12.2. The molecule has 1 fully saturated rings. The van der Waals surface area contributed by atoms with Gasteiger partial charge in [0.25, 0.3) is 10.1 Å². The van der Waals surface area contributed by atoms with Crippen molar-refractivity contribution in [1.82, 2.24) is 4.90 Å². The van der Waals surface area contributed by atoms with E-state index in [0.717, 1.165) is 10.5 Å². The van der Waals surface area contributed by atoms with Gasteiger partial charge in [0.2, 0.25) is 0 Å². The highest BCUT2D eigenvalue weighted by atomic mass is 32.2. The number of amides is 1. The van der Waals surface area contributed by atoms with Crippen LogP contribution in [0.5, 0.6) is 0 Å². The summed E-state index contributed by atoms with van der Waals surface area (Å²) < 4.78 is 34.6. The summed E-state index contributed by atoms with van der Waals surface area (Å²) in [5, 5.41) is 8.96. The zero-order valence-electron chi connectivity index (χ0n) is 11.7. The second-order valence-corrected chi connectivity index (χ2v) is 6.44. The fourth-order valence-electron chi connectivity index (χ4n) is 2.14. The number of rotatable bonds is 4. The third-order valence-corrected chi connectivity index (χ3v) is 4.70. The Bertz CT molecular complexity index is 612. The van der Waals surface area contributed by atoms with E-state index in [1.54, 1.807) is 12.1 Å². The number of hydrogen-bond acceptors (Lipinski definition) is 5. The van der Waals surface area contributed by atoms with Gasteiger partial charge in [-0.25, -0.2) is 4.79 Å². The molecule has 1 saturated heterocycles. The first-order chi connectivity index (χ1) is 9.83. The Morgan fingerprint density at radius 1 is 1.24 bits per heavy atom. The van der Waals surface area contributed by atoms with Gasteiger partial charge in [0, 0.05) is 7.11 Å². The van der Waals surface area contributed by atoms with Crippen LogP contribution >= 0.6 is 0 Å². The Kier molecular flexibility index (Phi) is 4.50. The van der Waals surface area contributed by atoms with E-state index in [0.29, 0.717) is 0 Å². The van der Waals surface area contributed by atoms with Gasteiger partial charge in [0.1, 0.15) is 12.2 Å². The molecule has 0 spiro atoms. The highest BCUT2D eigenvalue weighted by molar-refractivity contribution is 7.86. The van der Waals surface area contributed by atoms with E-state index in [-0.39, 0.29) is 18.0 Å². The lowest BCUT2D eigenvalue weighted by Crippen LogP contribution is -2.31. The SMILES string of the molecule is COC1CN(C(=O)O)CC1OS(=O)(=O)c1ccc(C)cc1. The van der Waals surface area contributed by atoms with Crippen LogP contribution in [0, 0.1) is 6.92 Å². The van der Waals surface area contributed by atoms with Gasteiger partial charge in [0.05, 0.1) is 18.0 Å². The van der Waals surface area contributed by atoms with Gasteiger partial charge in [-0.2, -0.15) is 8.42 Å². The van der Waals surface area contributed by atoms with Crippen LogP contribution in [0.4, 0.5) is 4.79 Å². The monoisotopic (exact) mass is 315 g/mol. The predicted octanol–water partition coefficient (Wildman–Crippen LogP) is 1.08. The zero-order valence-corrected chi connectivity index (χ0v) is 12.5. The van der Waals surface area contributed by atoms with E-state index in [9.17, 15) is 13.2 Å². The average molecular weight is 315 g/mol. The molecule has 1 aromatic rings. The number of ether oxygens (including phenoxy) is 1. The number of benzene rings is 1. The van der Waals surface area contributed by atoms with Gasteiger partial charge in [-0.15, -0.1) is 0 Å². The summed E-state index contributed by atoms with van der Waals surface area (Å²) >= 11 is 0. The first-order valence-electron chi connectivity index (χ1n) is 6.34. The van der Waals surface area contributed by atoms with Crippen LogP contribution in [0.15, 0.2) is 29.2 Å². The maximum absolute atomic E-state index is 12.2. The summed E-state index contributed by atoms with van der Waals surface area (Å²) in [6.07, 6.45) is -2.59. The van der Waals surface area contributed by atoms with Crippen molar-refractivity contribution < 1.29 is 27.2 Å². The minimum atomic E-state index is -3.95. The lowest BCUT2D eigenvalue weighted by atomic mass is 10.2. The van der Waals surface area contributed by atoms with Crippen molar-refractivity contribution in [1.29, 1.82) is 0 Å². The predicted molar refractivity (Wildman–Crippen MR) is 73.6 cm³/mol. The minimum absolute atomic E-state index is 0.0386. The van der Waals surface area contributed by atoms with Gasteiger partial charge < -0.3 is 14.7 Å². The van der Waals surface area contributed by atoms with Gasteiger partial charge >= 0.3 is 6.09 Å². The Hall–Kier alpha value is -1.64. The molecular formula is C13H17NO6S. The summed E-state index contributed by atoms with van der Waals surface area (Å²) in [6.45, 7) is 1.89. The molecule has 2 atom stereocenters.